The summed E-state index contributed by atoms with van der Waals surface area (Å²) in [4.78, 5) is 18.2. The molecular formula is C26H30FN5O. The molecule has 0 radical (unpaired) electrons. The molecule has 3 heterocycles. The van der Waals surface area contributed by atoms with Gasteiger partial charge in [-0.25, -0.2) is 4.39 Å². The summed E-state index contributed by atoms with van der Waals surface area (Å²) < 4.78 is 14.5. The fourth-order valence-electron chi connectivity index (χ4n) is 5.22. The quantitative estimate of drug-likeness (QED) is 0.770. The summed E-state index contributed by atoms with van der Waals surface area (Å²) in [6.07, 6.45) is 10.0. The molecule has 0 aromatic heterocycles. The van der Waals surface area contributed by atoms with Gasteiger partial charge in [-0.15, -0.1) is 0 Å². The molecule has 1 amide bonds. The lowest BCUT2D eigenvalue weighted by molar-refractivity contribution is -0.129. The van der Waals surface area contributed by atoms with Crippen LogP contribution in [0.3, 0.4) is 0 Å². The Morgan fingerprint density at radius 1 is 1.30 bits per heavy atom. The maximum Gasteiger partial charge on any atom is 0.236 e. The maximum atomic E-state index is 14.5. The minimum atomic E-state index is -0.239. The first kappa shape index (κ1) is 21.6. The average molecular weight is 448 g/mol. The van der Waals surface area contributed by atoms with Crippen molar-refractivity contribution < 1.29 is 9.18 Å². The molecule has 1 atom stereocenters. The van der Waals surface area contributed by atoms with Crippen molar-refractivity contribution in [1.82, 2.24) is 20.1 Å². The summed E-state index contributed by atoms with van der Waals surface area (Å²) in [6.45, 7) is 4.18. The van der Waals surface area contributed by atoms with E-state index in [1.54, 1.807) is 31.1 Å². The van der Waals surface area contributed by atoms with Crippen LogP contribution >= 0.6 is 0 Å². The second-order valence-electron chi connectivity index (χ2n) is 9.28. The molecular weight excluding hydrogens is 417 g/mol. The van der Waals surface area contributed by atoms with Gasteiger partial charge < -0.3 is 9.80 Å². The van der Waals surface area contributed by atoms with E-state index in [0.29, 0.717) is 6.54 Å². The van der Waals surface area contributed by atoms with E-state index in [1.165, 1.54) is 11.1 Å². The zero-order chi connectivity index (χ0) is 23.3. The number of likely N-dealkylation sites (N-methyl/N-ethyl adjacent to an activating group) is 2. The van der Waals surface area contributed by atoms with Gasteiger partial charge in [-0.05, 0) is 47.8 Å². The molecule has 172 valence electrons. The predicted molar refractivity (Wildman–Crippen MR) is 130 cm³/mol. The Morgan fingerprint density at radius 2 is 2.12 bits per heavy atom. The third-order valence-electron chi connectivity index (χ3n) is 6.97. The molecule has 1 N–H and O–H groups in total. The van der Waals surface area contributed by atoms with Crippen LogP contribution in [-0.2, 0) is 4.79 Å². The summed E-state index contributed by atoms with van der Waals surface area (Å²) in [7, 11) is 5.67. The highest BCUT2D eigenvalue weighted by Gasteiger charge is 2.34. The Labute approximate surface area is 194 Å². The third kappa shape index (κ3) is 3.70. The Balaban J connectivity index is 1.57. The van der Waals surface area contributed by atoms with Crippen LogP contribution in [0.1, 0.15) is 36.5 Å². The van der Waals surface area contributed by atoms with Gasteiger partial charge in [0, 0.05) is 57.1 Å². The fraction of sp³-hybridized carbons (Fsp3) is 0.385. The van der Waals surface area contributed by atoms with Crippen LogP contribution in [0.4, 0.5) is 4.39 Å². The lowest BCUT2D eigenvalue weighted by Gasteiger charge is -2.38. The van der Waals surface area contributed by atoms with Gasteiger partial charge in [0.05, 0.1) is 24.0 Å². The fourth-order valence-corrected chi connectivity index (χ4v) is 5.22. The molecule has 1 aromatic rings. The topological polar surface area (TPSA) is 51.2 Å². The maximum absolute atomic E-state index is 14.5. The number of allylic oxidation sites excluding steroid dienone is 2. The molecule has 6 nitrogen and oxygen atoms in total. The van der Waals surface area contributed by atoms with Crippen LogP contribution in [0.25, 0.3) is 11.6 Å². The first-order valence-electron chi connectivity index (χ1n) is 11.5. The molecule has 4 aliphatic rings. The smallest absolute Gasteiger partial charge is 0.236 e. The van der Waals surface area contributed by atoms with E-state index in [9.17, 15) is 9.18 Å². The largest absolute Gasteiger partial charge is 0.373 e. The van der Waals surface area contributed by atoms with Crippen molar-refractivity contribution in [2.24, 2.45) is 5.10 Å². The van der Waals surface area contributed by atoms with Gasteiger partial charge >= 0.3 is 0 Å². The molecule has 0 saturated heterocycles. The van der Waals surface area contributed by atoms with E-state index in [-0.39, 0.29) is 17.8 Å². The summed E-state index contributed by atoms with van der Waals surface area (Å²) in [5.74, 6) is -0.121. The number of rotatable bonds is 4. The molecule has 0 spiro atoms. The Morgan fingerprint density at radius 3 is 2.82 bits per heavy atom. The van der Waals surface area contributed by atoms with E-state index in [1.807, 2.05) is 12.2 Å². The second-order valence-corrected chi connectivity index (χ2v) is 9.28. The highest BCUT2D eigenvalue weighted by molar-refractivity contribution is 6.20. The first-order chi connectivity index (χ1) is 15.9. The van der Waals surface area contributed by atoms with E-state index >= 15 is 0 Å². The van der Waals surface area contributed by atoms with Crippen LogP contribution in [0.2, 0.25) is 0 Å². The zero-order valence-corrected chi connectivity index (χ0v) is 19.7. The number of hydrogen-bond donors (Lipinski definition) is 1. The van der Waals surface area contributed by atoms with Crippen LogP contribution in [0.5, 0.6) is 0 Å². The van der Waals surface area contributed by atoms with Crippen LogP contribution in [0, 0.1) is 5.82 Å². The molecule has 7 heteroatoms. The molecule has 0 fully saturated rings. The van der Waals surface area contributed by atoms with Crippen molar-refractivity contribution in [3.8, 4) is 0 Å². The highest BCUT2D eigenvalue weighted by atomic mass is 19.1. The number of nitrogens with zero attached hydrogens (tertiary/aromatic N) is 4. The minimum absolute atomic E-state index is 0.118. The molecule has 3 aliphatic heterocycles. The third-order valence-corrected chi connectivity index (χ3v) is 6.97. The van der Waals surface area contributed by atoms with Gasteiger partial charge in [0.25, 0.3) is 0 Å². The van der Waals surface area contributed by atoms with E-state index in [0.717, 1.165) is 59.6 Å². The van der Waals surface area contributed by atoms with Crippen molar-refractivity contribution in [1.29, 1.82) is 0 Å². The van der Waals surface area contributed by atoms with Crippen molar-refractivity contribution in [2.45, 2.75) is 25.8 Å². The average Bonchev–Trinajstić information content (AvgIpc) is 3.12. The summed E-state index contributed by atoms with van der Waals surface area (Å²) in [5, 5.41) is 4.71. The van der Waals surface area contributed by atoms with Crippen molar-refractivity contribution in [3.63, 3.8) is 0 Å². The van der Waals surface area contributed by atoms with Crippen LogP contribution in [0.15, 0.2) is 52.4 Å². The summed E-state index contributed by atoms with van der Waals surface area (Å²) in [5.41, 5.74) is 11.4. The zero-order valence-electron chi connectivity index (χ0n) is 19.7. The van der Waals surface area contributed by atoms with Gasteiger partial charge in [-0.2, -0.15) is 5.10 Å². The number of nitrogens with one attached hydrogen (secondary N) is 1. The van der Waals surface area contributed by atoms with E-state index < -0.39 is 0 Å². The molecule has 1 aliphatic carbocycles. The number of hydrazone groups is 1. The number of halogens is 1. The predicted octanol–water partition coefficient (Wildman–Crippen LogP) is 3.20. The lowest BCUT2D eigenvalue weighted by atomic mass is 9.83. The van der Waals surface area contributed by atoms with Crippen LogP contribution < -0.4 is 5.43 Å². The van der Waals surface area contributed by atoms with Crippen molar-refractivity contribution in [3.05, 3.63) is 69.8 Å². The van der Waals surface area contributed by atoms with Gasteiger partial charge in [0.1, 0.15) is 5.82 Å². The highest BCUT2D eigenvalue weighted by Crippen LogP contribution is 2.42. The molecule has 0 bridgehead atoms. The Kier molecular flexibility index (Phi) is 5.44. The van der Waals surface area contributed by atoms with Gasteiger partial charge in [-0.3, -0.25) is 15.1 Å². The monoisotopic (exact) mass is 447 g/mol. The summed E-state index contributed by atoms with van der Waals surface area (Å²) >= 11 is 0. The number of carbonyl (C=O) groups excluding carboxylic acids is 1. The lowest BCUT2D eigenvalue weighted by Crippen LogP contribution is -2.40. The Bertz CT molecular complexity index is 1170. The van der Waals surface area contributed by atoms with Gasteiger partial charge in [0.2, 0.25) is 5.91 Å². The van der Waals surface area contributed by atoms with E-state index in [4.69, 9.17) is 5.10 Å². The standard InChI is InChI=1S/C26H30FN5O/c1-5-22-25(16-8-10-32(11-9-16)15-23(33)30(2)3)26-20(14-31(22)4)19-13-18(27)12-17-6-7-21(24(17)19)28-29-26/h6-8,12-14,22,29H,5,9-11,15H2,1-4H3/t22-/m0/s1. The van der Waals surface area contributed by atoms with Gasteiger partial charge in [0.15, 0.2) is 0 Å². The molecule has 1 aromatic carbocycles. The second kappa shape index (κ2) is 8.30. The summed E-state index contributed by atoms with van der Waals surface area (Å²) in [6, 6.07) is 3.40. The van der Waals surface area contributed by atoms with Gasteiger partial charge in [-0.1, -0.05) is 19.1 Å². The SMILES string of the molecule is CC[C@H]1C(C2=CCN(CC(=O)N(C)C)CC2)=C2NN=C3C=Cc4cc(F)cc(c43)C2=CN1C. The number of amides is 1. The number of carbonyl (C=O) groups is 1. The molecule has 5 rings (SSSR count). The molecule has 0 unspecified atom stereocenters. The first-order valence-corrected chi connectivity index (χ1v) is 11.5. The number of hydrogen-bond acceptors (Lipinski definition) is 5. The van der Waals surface area contributed by atoms with Crippen molar-refractivity contribution in [2.75, 3.05) is 40.8 Å². The Hall–Kier alpha value is -3.19. The number of benzene rings is 1. The van der Waals surface area contributed by atoms with E-state index in [2.05, 4.69) is 41.5 Å². The number of fused-ring (bicyclic) bond motifs is 2. The molecule has 33 heavy (non-hydrogen) atoms. The molecule has 0 saturated carbocycles. The van der Waals surface area contributed by atoms with Crippen molar-refractivity contribution >= 4 is 23.3 Å². The van der Waals surface area contributed by atoms with Crippen LogP contribution in [-0.4, -0.2) is 73.1 Å². The normalized spacial score (nSPS) is 21.5. The minimum Gasteiger partial charge on any atom is -0.373 e.